The molecule has 1 saturated carbocycles. The Bertz CT molecular complexity index is 973. The van der Waals surface area contributed by atoms with E-state index in [1.807, 2.05) is 37.3 Å². The fourth-order valence-corrected chi connectivity index (χ4v) is 4.21. The van der Waals surface area contributed by atoms with Crippen molar-refractivity contribution >= 4 is 5.71 Å². The van der Waals surface area contributed by atoms with Gasteiger partial charge in [0, 0.05) is 0 Å². The van der Waals surface area contributed by atoms with E-state index in [0.717, 1.165) is 29.0 Å². The Morgan fingerprint density at radius 1 is 0.806 bits per heavy atom. The van der Waals surface area contributed by atoms with Crippen LogP contribution in [0.25, 0.3) is 11.1 Å². The molecule has 0 bridgehead atoms. The lowest BCUT2D eigenvalue weighted by Gasteiger charge is -2.13. The Morgan fingerprint density at radius 3 is 2.23 bits per heavy atom. The van der Waals surface area contributed by atoms with Crippen LogP contribution in [-0.4, -0.2) is 18.9 Å². The molecule has 3 aromatic rings. The van der Waals surface area contributed by atoms with Gasteiger partial charge in [-0.05, 0) is 47.6 Å². The van der Waals surface area contributed by atoms with Crippen molar-refractivity contribution < 1.29 is 9.57 Å². The van der Waals surface area contributed by atoms with E-state index in [0.29, 0.717) is 19.1 Å². The number of nitrogens with zero attached hydrogens (tertiary/aromatic N) is 1. The molecule has 0 radical (unpaired) electrons. The molecule has 1 fully saturated rings. The van der Waals surface area contributed by atoms with Gasteiger partial charge in [-0.3, -0.25) is 0 Å². The van der Waals surface area contributed by atoms with Gasteiger partial charge >= 0.3 is 0 Å². The minimum Gasteiger partial charge on any atom is -0.490 e. The van der Waals surface area contributed by atoms with Crippen LogP contribution >= 0.6 is 0 Å². The molecule has 31 heavy (non-hydrogen) atoms. The Morgan fingerprint density at radius 2 is 1.48 bits per heavy atom. The van der Waals surface area contributed by atoms with E-state index in [1.54, 1.807) is 0 Å². The van der Waals surface area contributed by atoms with Crippen LogP contribution in [0.2, 0.25) is 0 Å². The van der Waals surface area contributed by atoms with Crippen LogP contribution in [-0.2, 0) is 4.84 Å². The van der Waals surface area contributed by atoms with Gasteiger partial charge in [-0.25, -0.2) is 0 Å². The number of hydrogen-bond donors (Lipinski definition) is 0. The van der Waals surface area contributed by atoms with Gasteiger partial charge in [0.05, 0.1) is 5.71 Å². The highest BCUT2D eigenvalue weighted by Gasteiger charge is 2.19. The lowest BCUT2D eigenvalue weighted by atomic mass is 9.95. The first-order valence-corrected chi connectivity index (χ1v) is 11.3. The predicted molar refractivity (Wildman–Crippen MR) is 128 cm³/mol. The second-order valence-corrected chi connectivity index (χ2v) is 8.28. The molecule has 1 aliphatic rings. The molecule has 1 aliphatic carbocycles. The number of rotatable bonds is 9. The maximum absolute atomic E-state index is 5.83. The summed E-state index contributed by atoms with van der Waals surface area (Å²) in [5, 5.41) is 4.55. The maximum Gasteiger partial charge on any atom is 0.151 e. The summed E-state index contributed by atoms with van der Waals surface area (Å²) in [7, 11) is 0. The van der Waals surface area contributed by atoms with Gasteiger partial charge < -0.3 is 9.57 Å². The Balaban J connectivity index is 1.40. The van der Waals surface area contributed by atoms with Crippen molar-refractivity contribution in [3.63, 3.8) is 0 Å². The molecule has 0 saturated heterocycles. The summed E-state index contributed by atoms with van der Waals surface area (Å²) in [6.07, 6.45) is 6.21. The summed E-state index contributed by atoms with van der Waals surface area (Å²) < 4.78 is 5.83. The largest absolute Gasteiger partial charge is 0.490 e. The third-order valence-corrected chi connectivity index (χ3v) is 5.98. The van der Waals surface area contributed by atoms with Gasteiger partial charge in [0.2, 0.25) is 0 Å². The average Bonchev–Trinajstić information content (AvgIpc) is 3.33. The first-order chi connectivity index (χ1) is 15.3. The number of aryl methyl sites for hydroxylation is 1. The molecule has 160 valence electrons. The van der Waals surface area contributed by atoms with E-state index >= 15 is 0 Å². The van der Waals surface area contributed by atoms with Crippen molar-refractivity contribution in [2.75, 3.05) is 13.2 Å². The van der Waals surface area contributed by atoms with Crippen molar-refractivity contribution in [3.05, 3.63) is 90.0 Å². The lowest BCUT2D eigenvalue weighted by Crippen LogP contribution is -2.10. The van der Waals surface area contributed by atoms with E-state index in [2.05, 4.69) is 53.7 Å². The average molecular weight is 414 g/mol. The molecule has 0 aliphatic heterocycles. The highest BCUT2D eigenvalue weighted by molar-refractivity contribution is 6.00. The van der Waals surface area contributed by atoms with E-state index in [1.165, 1.54) is 36.8 Å². The lowest BCUT2D eigenvalue weighted by molar-refractivity contribution is 0.106. The summed E-state index contributed by atoms with van der Waals surface area (Å²) in [6, 6.07) is 27.2. The number of benzene rings is 3. The normalized spacial score (nSPS) is 14.5. The molecule has 3 aromatic carbocycles. The zero-order valence-electron chi connectivity index (χ0n) is 18.3. The zero-order valence-corrected chi connectivity index (χ0v) is 18.3. The first-order valence-electron chi connectivity index (χ1n) is 11.3. The van der Waals surface area contributed by atoms with Crippen molar-refractivity contribution in [2.24, 2.45) is 11.1 Å². The second kappa shape index (κ2) is 10.8. The summed E-state index contributed by atoms with van der Waals surface area (Å²) in [5.74, 6) is 1.61. The Labute approximate surface area is 185 Å². The van der Waals surface area contributed by atoms with E-state index in [4.69, 9.17) is 9.57 Å². The van der Waals surface area contributed by atoms with Gasteiger partial charge in [0.25, 0.3) is 0 Å². The van der Waals surface area contributed by atoms with Crippen molar-refractivity contribution in [1.29, 1.82) is 0 Å². The minimum atomic E-state index is 0.435. The fraction of sp³-hybridized carbons (Fsp3) is 0.321. The predicted octanol–water partition coefficient (Wildman–Crippen LogP) is 7.04. The summed E-state index contributed by atoms with van der Waals surface area (Å²) in [6.45, 7) is 2.97. The van der Waals surface area contributed by atoms with Gasteiger partial charge in [-0.2, -0.15) is 0 Å². The molecular formula is C28H31NO2. The quantitative estimate of drug-likeness (QED) is 0.214. The molecule has 0 unspecified atom stereocenters. The number of para-hydroxylation sites is 1. The van der Waals surface area contributed by atoms with E-state index in [9.17, 15) is 0 Å². The number of hydrogen-bond acceptors (Lipinski definition) is 3. The Hall–Kier alpha value is -3.07. The van der Waals surface area contributed by atoms with Crippen LogP contribution in [0.3, 0.4) is 0 Å². The van der Waals surface area contributed by atoms with Crippen molar-refractivity contribution in [3.8, 4) is 16.9 Å². The molecule has 0 N–H and O–H groups in total. The van der Waals surface area contributed by atoms with Gasteiger partial charge in [-0.1, -0.05) is 104 Å². The SMILES string of the molecule is Cc1ccccc1OCCO/N=C(\CC1CCCC1)c1ccc(-c2ccccc2)cc1. The zero-order chi connectivity index (χ0) is 21.3. The maximum atomic E-state index is 5.83. The topological polar surface area (TPSA) is 30.8 Å². The van der Waals surface area contributed by atoms with Crippen LogP contribution in [0.5, 0.6) is 5.75 Å². The summed E-state index contributed by atoms with van der Waals surface area (Å²) in [4.78, 5) is 5.70. The van der Waals surface area contributed by atoms with Crippen LogP contribution < -0.4 is 4.74 Å². The third-order valence-electron chi connectivity index (χ3n) is 5.98. The fourth-order valence-electron chi connectivity index (χ4n) is 4.21. The Kier molecular flexibility index (Phi) is 7.38. The van der Waals surface area contributed by atoms with E-state index in [-0.39, 0.29) is 0 Å². The first kappa shape index (κ1) is 21.2. The number of ether oxygens (including phenoxy) is 1. The molecule has 0 amide bonds. The highest BCUT2D eigenvalue weighted by atomic mass is 16.6. The standard InChI is InChI=1S/C28H31NO2/c1-22-9-5-8-14-28(22)30-19-20-31-29-27(21-23-10-6-7-11-23)26-17-15-25(16-18-26)24-12-3-2-4-13-24/h2-5,8-9,12-18,23H,6-7,10-11,19-21H2,1H3/b29-27+. The molecule has 3 nitrogen and oxygen atoms in total. The molecule has 3 heteroatoms. The smallest absolute Gasteiger partial charge is 0.151 e. The molecule has 0 aromatic heterocycles. The van der Waals surface area contributed by atoms with Crippen molar-refractivity contribution in [2.45, 2.75) is 39.0 Å². The third kappa shape index (κ3) is 5.97. The van der Waals surface area contributed by atoms with Gasteiger partial charge in [0.1, 0.15) is 12.4 Å². The molecule has 4 rings (SSSR count). The van der Waals surface area contributed by atoms with Crippen LogP contribution in [0, 0.1) is 12.8 Å². The summed E-state index contributed by atoms with van der Waals surface area (Å²) >= 11 is 0. The van der Waals surface area contributed by atoms with E-state index < -0.39 is 0 Å². The van der Waals surface area contributed by atoms with Crippen LogP contribution in [0.4, 0.5) is 0 Å². The summed E-state index contributed by atoms with van der Waals surface area (Å²) in [5.41, 5.74) is 5.77. The highest BCUT2D eigenvalue weighted by Crippen LogP contribution is 2.29. The molecule has 0 heterocycles. The van der Waals surface area contributed by atoms with Gasteiger partial charge in [-0.15, -0.1) is 0 Å². The monoisotopic (exact) mass is 413 g/mol. The second-order valence-electron chi connectivity index (χ2n) is 8.28. The van der Waals surface area contributed by atoms with Crippen molar-refractivity contribution in [1.82, 2.24) is 0 Å². The number of oxime groups is 1. The van der Waals surface area contributed by atoms with Crippen LogP contribution in [0.15, 0.2) is 84.0 Å². The molecule has 0 spiro atoms. The molecule has 0 atom stereocenters. The molecular weight excluding hydrogens is 382 g/mol. The van der Waals surface area contributed by atoms with Crippen LogP contribution in [0.1, 0.15) is 43.2 Å². The minimum absolute atomic E-state index is 0.435. The van der Waals surface area contributed by atoms with Gasteiger partial charge in [0.15, 0.2) is 6.61 Å².